The quantitative estimate of drug-likeness (QED) is 0.541. The SMILES string of the molecule is Nc1cccc(-c2cn(Cc3ccc(-c4nnc(C(F)F)o4)cn3)cn2)c1. The van der Waals surface area contributed by atoms with E-state index in [1.54, 1.807) is 18.5 Å². The van der Waals surface area contributed by atoms with E-state index in [0.29, 0.717) is 17.8 Å². The minimum absolute atomic E-state index is 0.0101. The van der Waals surface area contributed by atoms with E-state index in [1.807, 2.05) is 35.0 Å². The topological polar surface area (TPSA) is 95.7 Å². The van der Waals surface area contributed by atoms with E-state index in [2.05, 4.69) is 20.2 Å². The number of pyridine rings is 1. The summed E-state index contributed by atoms with van der Waals surface area (Å²) < 4.78 is 31.8. The number of nitrogens with zero attached hydrogens (tertiary/aromatic N) is 5. The van der Waals surface area contributed by atoms with Crippen molar-refractivity contribution in [3.05, 3.63) is 66.7 Å². The van der Waals surface area contributed by atoms with Gasteiger partial charge in [-0.05, 0) is 24.3 Å². The molecule has 27 heavy (non-hydrogen) atoms. The van der Waals surface area contributed by atoms with Crippen LogP contribution in [0.5, 0.6) is 0 Å². The second-order valence-corrected chi connectivity index (χ2v) is 5.84. The Labute approximate surface area is 152 Å². The summed E-state index contributed by atoms with van der Waals surface area (Å²) in [4.78, 5) is 8.70. The highest BCUT2D eigenvalue weighted by Gasteiger charge is 2.17. The Kier molecular flexibility index (Phi) is 4.33. The van der Waals surface area contributed by atoms with Gasteiger partial charge in [-0.1, -0.05) is 12.1 Å². The predicted molar refractivity (Wildman–Crippen MR) is 93.7 cm³/mol. The summed E-state index contributed by atoms with van der Waals surface area (Å²) in [6.07, 6.45) is 2.32. The van der Waals surface area contributed by atoms with Crippen molar-refractivity contribution in [2.24, 2.45) is 0 Å². The molecule has 4 aromatic rings. The fourth-order valence-corrected chi connectivity index (χ4v) is 2.56. The van der Waals surface area contributed by atoms with Crippen LogP contribution in [0.1, 0.15) is 18.0 Å². The first-order valence-electron chi connectivity index (χ1n) is 8.03. The van der Waals surface area contributed by atoms with E-state index in [-0.39, 0.29) is 5.89 Å². The van der Waals surface area contributed by atoms with Gasteiger partial charge in [0.2, 0.25) is 5.89 Å². The van der Waals surface area contributed by atoms with Gasteiger partial charge in [0.15, 0.2) is 0 Å². The average Bonchev–Trinajstić information content (AvgIpc) is 3.32. The van der Waals surface area contributed by atoms with Crippen molar-refractivity contribution in [2.45, 2.75) is 13.0 Å². The number of hydrogen-bond donors (Lipinski definition) is 1. The van der Waals surface area contributed by atoms with Crippen molar-refractivity contribution >= 4 is 5.69 Å². The predicted octanol–water partition coefficient (Wildman–Crippen LogP) is 3.56. The molecule has 0 spiro atoms. The monoisotopic (exact) mass is 368 g/mol. The molecule has 0 radical (unpaired) electrons. The summed E-state index contributed by atoms with van der Waals surface area (Å²) in [6.45, 7) is 0.502. The first-order chi connectivity index (χ1) is 13.1. The van der Waals surface area contributed by atoms with Crippen molar-refractivity contribution in [3.63, 3.8) is 0 Å². The van der Waals surface area contributed by atoms with Crippen LogP contribution in [0.25, 0.3) is 22.7 Å². The van der Waals surface area contributed by atoms with E-state index in [0.717, 1.165) is 17.0 Å². The van der Waals surface area contributed by atoms with Gasteiger partial charge in [0.05, 0.1) is 29.8 Å². The summed E-state index contributed by atoms with van der Waals surface area (Å²) in [6, 6.07) is 11.0. The standard InChI is InChI=1S/C18H14F2N6O/c19-16(20)18-25-24-17(27-18)12-4-5-14(22-7-12)8-26-9-15(23-10-26)11-2-1-3-13(21)6-11/h1-7,9-10,16H,8,21H2. The Morgan fingerprint density at radius 3 is 2.67 bits per heavy atom. The number of nitrogens with two attached hydrogens (primary N) is 1. The maximum Gasteiger partial charge on any atom is 0.314 e. The molecule has 1 aromatic carbocycles. The van der Waals surface area contributed by atoms with Crippen molar-refractivity contribution in [1.29, 1.82) is 0 Å². The molecule has 3 aromatic heterocycles. The lowest BCUT2D eigenvalue weighted by atomic mass is 10.1. The molecule has 0 amide bonds. The van der Waals surface area contributed by atoms with Crippen LogP contribution < -0.4 is 5.73 Å². The van der Waals surface area contributed by atoms with E-state index >= 15 is 0 Å². The fourth-order valence-electron chi connectivity index (χ4n) is 2.56. The smallest absolute Gasteiger partial charge is 0.314 e. The van der Waals surface area contributed by atoms with Gasteiger partial charge in [-0.3, -0.25) is 4.98 Å². The molecule has 4 rings (SSSR count). The fraction of sp³-hybridized carbons (Fsp3) is 0.111. The van der Waals surface area contributed by atoms with Crippen LogP contribution in [0.2, 0.25) is 0 Å². The third-order valence-corrected chi connectivity index (χ3v) is 3.86. The lowest BCUT2D eigenvalue weighted by Gasteiger charge is -2.02. The molecule has 0 aliphatic heterocycles. The first kappa shape index (κ1) is 16.8. The molecule has 0 bridgehead atoms. The molecular weight excluding hydrogens is 354 g/mol. The van der Waals surface area contributed by atoms with Crippen molar-refractivity contribution in [3.8, 4) is 22.7 Å². The Balaban J connectivity index is 1.49. The molecule has 0 aliphatic carbocycles. The molecule has 9 heteroatoms. The summed E-state index contributed by atoms with van der Waals surface area (Å²) in [5, 5.41) is 6.91. The van der Waals surface area contributed by atoms with Crippen LogP contribution in [-0.4, -0.2) is 24.7 Å². The van der Waals surface area contributed by atoms with Crippen LogP contribution in [-0.2, 0) is 6.54 Å². The van der Waals surface area contributed by atoms with Gasteiger partial charge in [-0.15, -0.1) is 10.2 Å². The molecule has 3 heterocycles. The maximum atomic E-state index is 12.5. The molecule has 0 saturated heterocycles. The highest BCUT2D eigenvalue weighted by atomic mass is 19.3. The van der Waals surface area contributed by atoms with Crippen LogP contribution in [0.3, 0.4) is 0 Å². The second kappa shape index (κ2) is 6.94. The average molecular weight is 368 g/mol. The minimum atomic E-state index is -2.80. The molecule has 2 N–H and O–H groups in total. The zero-order valence-corrected chi connectivity index (χ0v) is 14.0. The Hall–Kier alpha value is -3.62. The van der Waals surface area contributed by atoms with Gasteiger partial charge >= 0.3 is 6.43 Å². The highest BCUT2D eigenvalue weighted by molar-refractivity contribution is 5.63. The summed E-state index contributed by atoms with van der Waals surface area (Å²) >= 11 is 0. The number of rotatable bonds is 5. The van der Waals surface area contributed by atoms with E-state index < -0.39 is 12.3 Å². The summed E-state index contributed by atoms with van der Waals surface area (Å²) in [5.41, 5.74) is 9.47. The van der Waals surface area contributed by atoms with Crippen LogP contribution >= 0.6 is 0 Å². The van der Waals surface area contributed by atoms with Gasteiger partial charge in [0.1, 0.15) is 0 Å². The Bertz CT molecular complexity index is 1060. The first-order valence-corrected chi connectivity index (χ1v) is 8.03. The largest absolute Gasteiger partial charge is 0.415 e. The van der Waals surface area contributed by atoms with Gasteiger partial charge in [-0.25, -0.2) is 4.98 Å². The second-order valence-electron chi connectivity index (χ2n) is 5.84. The Morgan fingerprint density at radius 1 is 1.07 bits per heavy atom. The number of imidazole rings is 1. The summed E-state index contributed by atoms with van der Waals surface area (Å²) in [5.74, 6) is -0.697. The van der Waals surface area contributed by atoms with Gasteiger partial charge in [-0.2, -0.15) is 8.78 Å². The van der Waals surface area contributed by atoms with Crippen molar-refractivity contribution in [2.75, 3.05) is 5.73 Å². The minimum Gasteiger partial charge on any atom is -0.415 e. The van der Waals surface area contributed by atoms with Crippen molar-refractivity contribution < 1.29 is 13.2 Å². The van der Waals surface area contributed by atoms with E-state index in [9.17, 15) is 8.78 Å². The molecule has 136 valence electrons. The molecule has 0 unspecified atom stereocenters. The molecule has 0 fully saturated rings. The molecule has 0 aliphatic rings. The normalized spacial score (nSPS) is 11.2. The highest BCUT2D eigenvalue weighted by Crippen LogP contribution is 2.23. The van der Waals surface area contributed by atoms with Gasteiger partial charge in [0.25, 0.3) is 5.89 Å². The number of hydrogen-bond acceptors (Lipinski definition) is 6. The third kappa shape index (κ3) is 3.66. The maximum absolute atomic E-state index is 12.5. The zero-order chi connectivity index (χ0) is 18.8. The molecule has 0 saturated carbocycles. The molecular formula is C18H14F2N6O. The third-order valence-electron chi connectivity index (χ3n) is 3.86. The lowest BCUT2D eigenvalue weighted by molar-refractivity contribution is 0.116. The van der Waals surface area contributed by atoms with E-state index in [4.69, 9.17) is 10.2 Å². The molecule has 0 atom stereocenters. The van der Waals surface area contributed by atoms with Gasteiger partial charge < -0.3 is 14.7 Å². The number of alkyl halides is 2. The number of nitrogen functional groups attached to an aromatic ring is 1. The number of halogens is 2. The number of benzene rings is 1. The van der Waals surface area contributed by atoms with Crippen LogP contribution in [0, 0.1) is 0 Å². The van der Waals surface area contributed by atoms with Crippen molar-refractivity contribution in [1.82, 2.24) is 24.7 Å². The zero-order valence-electron chi connectivity index (χ0n) is 14.0. The molecule has 7 nitrogen and oxygen atoms in total. The van der Waals surface area contributed by atoms with Gasteiger partial charge in [0, 0.05) is 23.6 Å². The number of anilines is 1. The van der Waals surface area contributed by atoms with Crippen LogP contribution in [0.15, 0.2) is 59.5 Å². The number of aromatic nitrogens is 5. The van der Waals surface area contributed by atoms with Crippen LogP contribution in [0.4, 0.5) is 14.5 Å². The summed E-state index contributed by atoms with van der Waals surface area (Å²) in [7, 11) is 0. The lowest BCUT2D eigenvalue weighted by Crippen LogP contribution is -1.99. The van der Waals surface area contributed by atoms with E-state index in [1.165, 1.54) is 6.20 Å². The Morgan fingerprint density at radius 2 is 1.96 bits per heavy atom.